The first-order chi connectivity index (χ1) is 8.49. The van der Waals surface area contributed by atoms with E-state index in [4.69, 9.17) is 22.7 Å². The van der Waals surface area contributed by atoms with Crippen LogP contribution in [-0.2, 0) is 15.3 Å². The highest BCUT2D eigenvalue weighted by molar-refractivity contribution is 7.99. The zero-order valence-corrected chi connectivity index (χ0v) is 12.1. The molecule has 0 amide bonds. The van der Waals surface area contributed by atoms with E-state index in [1.165, 1.54) is 11.8 Å². The second-order valence-electron chi connectivity index (χ2n) is 4.10. The van der Waals surface area contributed by atoms with Gasteiger partial charge in [-0.1, -0.05) is 30.4 Å². The molecule has 0 fully saturated rings. The Balaban J connectivity index is 2.42. The van der Waals surface area contributed by atoms with Gasteiger partial charge in [0.05, 0.1) is 11.9 Å². The van der Waals surface area contributed by atoms with Gasteiger partial charge in [0.1, 0.15) is 4.99 Å². The van der Waals surface area contributed by atoms with Crippen LogP contribution in [0.25, 0.3) is 0 Å². The summed E-state index contributed by atoms with van der Waals surface area (Å²) in [6.45, 7) is 3.68. The topological polar surface area (TPSA) is 52.3 Å². The Hall–Kier alpha value is -1.07. The Labute approximate surface area is 117 Å². The first-order valence-electron chi connectivity index (χ1n) is 5.65. The second-order valence-corrected chi connectivity index (χ2v) is 5.52. The van der Waals surface area contributed by atoms with E-state index in [0.717, 1.165) is 16.9 Å². The maximum atomic E-state index is 11.3. The highest BCUT2D eigenvalue weighted by atomic mass is 32.2. The molecule has 1 aromatic carbocycles. The summed E-state index contributed by atoms with van der Waals surface area (Å²) in [5, 5.41) is 0. The summed E-state index contributed by atoms with van der Waals surface area (Å²) in [5.74, 6) is 0.916. The Kier molecular flexibility index (Phi) is 6.15. The molecule has 18 heavy (non-hydrogen) atoms. The lowest BCUT2D eigenvalue weighted by atomic mass is 10.1. The van der Waals surface area contributed by atoms with Gasteiger partial charge in [0.2, 0.25) is 0 Å². The van der Waals surface area contributed by atoms with Crippen LogP contribution in [0.5, 0.6) is 0 Å². The first-order valence-corrected chi connectivity index (χ1v) is 7.21. The van der Waals surface area contributed by atoms with Crippen LogP contribution in [0.15, 0.2) is 24.3 Å². The molecule has 0 heterocycles. The van der Waals surface area contributed by atoms with Gasteiger partial charge in [-0.05, 0) is 25.5 Å². The van der Waals surface area contributed by atoms with E-state index in [1.54, 1.807) is 0 Å². The summed E-state index contributed by atoms with van der Waals surface area (Å²) in [6.07, 6.45) is -0.0592. The smallest absolute Gasteiger partial charge is 0.316 e. The molecular formula is C13H17NO2S2. The molecule has 1 aromatic rings. The number of thiocarbonyl (C=S) groups is 1. The fraction of sp³-hybridized carbons (Fsp3) is 0.385. The van der Waals surface area contributed by atoms with Crippen LogP contribution < -0.4 is 5.73 Å². The van der Waals surface area contributed by atoms with Gasteiger partial charge in [-0.3, -0.25) is 4.79 Å². The van der Waals surface area contributed by atoms with Crippen LogP contribution in [-0.4, -0.2) is 22.8 Å². The summed E-state index contributed by atoms with van der Waals surface area (Å²) >= 11 is 6.44. The molecule has 3 nitrogen and oxygen atoms in total. The van der Waals surface area contributed by atoms with Crippen molar-refractivity contribution in [3.63, 3.8) is 0 Å². The normalized spacial score (nSPS) is 10.4. The highest BCUT2D eigenvalue weighted by Gasteiger charge is 2.06. The predicted molar refractivity (Wildman–Crippen MR) is 79.7 cm³/mol. The third-order valence-electron chi connectivity index (χ3n) is 2.07. The molecule has 0 atom stereocenters. The molecule has 0 aliphatic heterocycles. The molecule has 5 heteroatoms. The largest absolute Gasteiger partial charge is 0.462 e. The van der Waals surface area contributed by atoms with Gasteiger partial charge < -0.3 is 10.5 Å². The zero-order valence-electron chi connectivity index (χ0n) is 10.5. The average Bonchev–Trinajstić information content (AvgIpc) is 2.28. The summed E-state index contributed by atoms with van der Waals surface area (Å²) in [5.41, 5.74) is 7.52. The molecular weight excluding hydrogens is 266 g/mol. The minimum atomic E-state index is -0.180. The Morgan fingerprint density at radius 1 is 1.50 bits per heavy atom. The number of esters is 1. The average molecular weight is 283 g/mol. The van der Waals surface area contributed by atoms with Gasteiger partial charge in [-0.15, -0.1) is 11.8 Å². The lowest BCUT2D eigenvalue weighted by molar-refractivity contribution is -0.144. The molecule has 0 bridgehead atoms. The number of nitrogens with two attached hydrogens (primary N) is 1. The number of thioether (sulfide) groups is 1. The SMILES string of the molecule is CC(C)OC(=O)CSCc1cccc(C(N)=S)c1. The third-order valence-corrected chi connectivity index (χ3v) is 3.28. The van der Waals surface area contributed by atoms with Crippen molar-refractivity contribution >= 4 is 34.9 Å². The number of hydrogen-bond acceptors (Lipinski definition) is 4. The number of rotatable bonds is 6. The fourth-order valence-electron chi connectivity index (χ4n) is 1.36. The van der Waals surface area contributed by atoms with E-state index in [9.17, 15) is 4.79 Å². The minimum absolute atomic E-state index is 0.0592. The zero-order chi connectivity index (χ0) is 13.5. The Bertz CT molecular complexity index is 433. The van der Waals surface area contributed by atoms with E-state index < -0.39 is 0 Å². The van der Waals surface area contributed by atoms with Gasteiger partial charge in [-0.25, -0.2) is 0 Å². The maximum absolute atomic E-state index is 11.3. The van der Waals surface area contributed by atoms with Crippen molar-refractivity contribution in [3.8, 4) is 0 Å². The summed E-state index contributed by atoms with van der Waals surface area (Å²) in [7, 11) is 0. The van der Waals surface area contributed by atoms with E-state index in [0.29, 0.717) is 10.7 Å². The molecule has 0 aromatic heterocycles. The molecule has 0 aliphatic carbocycles. The second kappa shape index (κ2) is 7.38. The van der Waals surface area contributed by atoms with Gasteiger partial charge >= 0.3 is 5.97 Å². The monoisotopic (exact) mass is 283 g/mol. The number of hydrogen-bond donors (Lipinski definition) is 1. The summed E-state index contributed by atoms with van der Waals surface area (Å²) < 4.78 is 5.05. The molecule has 0 saturated heterocycles. The molecule has 0 spiro atoms. The number of carbonyl (C=O) groups is 1. The molecule has 98 valence electrons. The van der Waals surface area contributed by atoms with E-state index >= 15 is 0 Å². The predicted octanol–water partition coefficient (Wildman–Crippen LogP) is 2.51. The summed E-state index contributed by atoms with van der Waals surface area (Å²) in [6, 6.07) is 7.73. The maximum Gasteiger partial charge on any atom is 0.316 e. The third kappa shape index (κ3) is 5.51. The Morgan fingerprint density at radius 3 is 2.83 bits per heavy atom. The standard InChI is InChI=1S/C13H17NO2S2/c1-9(2)16-12(15)8-18-7-10-4-3-5-11(6-10)13(14)17/h3-6,9H,7-8H2,1-2H3,(H2,14,17). The van der Waals surface area contributed by atoms with Gasteiger partial charge in [0.15, 0.2) is 0 Å². The van der Waals surface area contributed by atoms with Crippen molar-refractivity contribution in [3.05, 3.63) is 35.4 Å². The van der Waals surface area contributed by atoms with Crippen molar-refractivity contribution in [1.29, 1.82) is 0 Å². The van der Waals surface area contributed by atoms with Crippen LogP contribution in [0, 0.1) is 0 Å². The summed E-state index contributed by atoms with van der Waals surface area (Å²) in [4.78, 5) is 11.7. The molecule has 1 rings (SSSR count). The van der Waals surface area contributed by atoms with E-state index in [2.05, 4.69) is 0 Å². The highest BCUT2D eigenvalue weighted by Crippen LogP contribution is 2.14. The minimum Gasteiger partial charge on any atom is -0.462 e. The van der Waals surface area contributed by atoms with Crippen LogP contribution >= 0.6 is 24.0 Å². The molecule has 2 N–H and O–H groups in total. The van der Waals surface area contributed by atoms with Crippen molar-refractivity contribution in [2.75, 3.05) is 5.75 Å². The van der Waals surface area contributed by atoms with Crippen LogP contribution in [0.2, 0.25) is 0 Å². The lowest BCUT2D eigenvalue weighted by Gasteiger charge is -2.07. The molecule has 0 saturated carbocycles. The quantitative estimate of drug-likeness (QED) is 0.642. The molecule has 0 unspecified atom stereocenters. The van der Waals surface area contributed by atoms with Crippen molar-refractivity contribution in [1.82, 2.24) is 0 Å². The van der Waals surface area contributed by atoms with E-state index in [-0.39, 0.29) is 12.1 Å². The van der Waals surface area contributed by atoms with Gasteiger partial charge in [0, 0.05) is 11.3 Å². The number of carbonyl (C=O) groups excluding carboxylic acids is 1. The van der Waals surface area contributed by atoms with Crippen molar-refractivity contribution in [2.45, 2.75) is 25.7 Å². The Morgan fingerprint density at radius 2 is 2.22 bits per heavy atom. The van der Waals surface area contributed by atoms with Gasteiger partial charge in [0.25, 0.3) is 0 Å². The van der Waals surface area contributed by atoms with E-state index in [1.807, 2.05) is 38.1 Å². The van der Waals surface area contributed by atoms with Crippen molar-refractivity contribution < 1.29 is 9.53 Å². The molecule has 0 radical (unpaired) electrons. The molecule has 0 aliphatic rings. The number of ether oxygens (including phenoxy) is 1. The van der Waals surface area contributed by atoms with Crippen molar-refractivity contribution in [2.24, 2.45) is 5.73 Å². The van der Waals surface area contributed by atoms with Crippen LogP contribution in [0.1, 0.15) is 25.0 Å². The lowest BCUT2D eigenvalue weighted by Crippen LogP contribution is -2.13. The van der Waals surface area contributed by atoms with Gasteiger partial charge in [-0.2, -0.15) is 0 Å². The van der Waals surface area contributed by atoms with Crippen LogP contribution in [0.4, 0.5) is 0 Å². The number of benzene rings is 1. The van der Waals surface area contributed by atoms with Crippen LogP contribution in [0.3, 0.4) is 0 Å². The fourth-order valence-corrected chi connectivity index (χ4v) is 2.24. The first kappa shape index (κ1) is 15.0.